The quantitative estimate of drug-likeness (QED) is 0.728. The van der Waals surface area contributed by atoms with E-state index in [1.165, 1.54) is 0 Å². The lowest BCUT2D eigenvalue weighted by Gasteiger charge is -2.20. The minimum absolute atomic E-state index is 0.0946. The van der Waals surface area contributed by atoms with E-state index in [9.17, 15) is 4.79 Å². The van der Waals surface area contributed by atoms with Gasteiger partial charge in [0.1, 0.15) is 0 Å². The van der Waals surface area contributed by atoms with Crippen LogP contribution in [-0.2, 0) is 0 Å². The summed E-state index contributed by atoms with van der Waals surface area (Å²) in [5, 5.41) is 8.70. The summed E-state index contributed by atoms with van der Waals surface area (Å²) in [5.74, 6) is 0.489. The van der Waals surface area contributed by atoms with E-state index in [2.05, 4.69) is 13.8 Å². The van der Waals surface area contributed by atoms with E-state index in [-0.39, 0.29) is 12.6 Å². The van der Waals surface area contributed by atoms with Crippen LogP contribution in [0.5, 0.6) is 0 Å². The Morgan fingerprint density at radius 1 is 1.57 bits per heavy atom. The molecule has 1 N–H and O–H groups in total. The first-order valence-corrected chi connectivity index (χ1v) is 5.20. The molecule has 1 aliphatic rings. The van der Waals surface area contributed by atoms with Crippen molar-refractivity contribution >= 4 is 6.03 Å². The van der Waals surface area contributed by atoms with Crippen LogP contribution >= 0.6 is 0 Å². The highest BCUT2D eigenvalue weighted by Crippen LogP contribution is 2.19. The van der Waals surface area contributed by atoms with Crippen LogP contribution in [0.2, 0.25) is 0 Å². The minimum Gasteiger partial charge on any atom is -0.396 e. The van der Waals surface area contributed by atoms with Crippen LogP contribution in [0.3, 0.4) is 0 Å². The Kier molecular flexibility index (Phi) is 3.75. The molecule has 1 atom stereocenters. The van der Waals surface area contributed by atoms with Crippen molar-refractivity contribution in [1.29, 1.82) is 0 Å². The molecule has 4 heteroatoms. The second-order valence-electron chi connectivity index (χ2n) is 4.23. The van der Waals surface area contributed by atoms with E-state index in [4.69, 9.17) is 5.11 Å². The molecule has 0 aliphatic carbocycles. The number of aliphatic hydroxyl groups excluding tert-OH is 1. The Morgan fingerprint density at radius 3 is 2.64 bits per heavy atom. The summed E-state index contributed by atoms with van der Waals surface area (Å²) in [6.45, 7) is 5.88. The number of rotatable bonds is 4. The highest BCUT2D eigenvalue weighted by Gasteiger charge is 2.35. The zero-order valence-corrected chi connectivity index (χ0v) is 9.23. The number of hydrogen-bond donors (Lipinski definition) is 1. The fraction of sp³-hybridized carbons (Fsp3) is 0.900. The second kappa shape index (κ2) is 4.64. The van der Waals surface area contributed by atoms with Crippen LogP contribution in [0.4, 0.5) is 4.79 Å². The molecule has 2 amide bonds. The van der Waals surface area contributed by atoms with Gasteiger partial charge in [0.25, 0.3) is 0 Å². The van der Waals surface area contributed by atoms with Gasteiger partial charge < -0.3 is 14.9 Å². The Balaban J connectivity index is 2.53. The van der Waals surface area contributed by atoms with Crippen molar-refractivity contribution in [2.75, 3.05) is 26.7 Å². The van der Waals surface area contributed by atoms with E-state index in [0.717, 1.165) is 6.54 Å². The van der Waals surface area contributed by atoms with E-state index in [1.54, 1.807) is 0 Å². The van der Waals surface area contributed by atoms with Crippen molar-refractivity contribution in [3.8, 4) is 0 Å². The van der Waals surface area contributed by atoms with Gasteiger partial charge in [-0.05, 0) is 12.3 Å². The molecule has 0 aromatic carbocycles. The topological polar surface area (TPSA) is 43.8 Å². The number of amides is 2. The lowest BCUT2D eigenvalue weighted by Crippen LogP contribution is -2.34. The monoisotopic (exact) mass is 200 g/mol. The van der Waals surface area contributed by atoms with Crippen molar-refractivity contribution in [2.45, 2.75) is 26.3 Å². The average molecular weight is 200 g/mol. The molecule has 1 saturated heterocycles. The predicted molar refractivity (Wildman–Crippen MR) is 55.1 cm³/mol. The fourth-order valence-electron chi connectivity index (χ4n) is 1.90. The van der Waals surface area contributed by atoms with Gasteiger partial charge in [-0.15, -0.1) is 0 Å². The molecule has 0 aromatic rings. The standard InChI is InChI=1S/C10H20N2O2/c1-8(2)9-7-12(5-4-6-13)10(14)11(9)3/h8-9,13H,4-7H2,1-3H3. The van der Waals surface area contributed by atoms with E-state index in [1.807, 2.05) is 16.8 Å². The van der Waals surface area contributed by atoms with Gasteiger partial charge in [-0.1, -0.05) is 13.8 Å². The molecule has 0 radical (unpaired) electrons. The van der Waals surface area contributed by atoms with Crippen LogP contribution in [0, 0.1) is 5.92 Å². The molecular formula is C10H20N2O2. The molecule has 1 heterocycles. The summed E-state index contributed by atoms with van der Waals surface area (Å²) >= 11 is 0. The number of nitrogens with zero attached hydrogens (tertiary/aromatic N) is 2. The maximum absolute atomic E-state index is 11.7. The molecule has 0 spiro atoms. The number of hydrogen-bond acceptors (Lipinski definition) is 2. The molecule has 1 fully saturated rings. The molecule has 14 heavy (non-hydrogen) atoms. The molecule has 0 aromatic heterocycles. The minimum atomic E-state index is 0.0946. The molecule has 82 valence electrons. The Labute approximate surface area is 85.5 Å². The van der Waals surface area contributed by atoms with Crippen LogP contribution in [0.1, 0.15) is 20.3 Å². The third-order valence-electron chi connectivity index (χ3n) is 2.83. The first-order valence-electron chi connectivity index (χ1n) is 5.20. The predicted octanol–water partition coefficient (Wildman–Crippen LogP) is 0.761. The maximum Gasteiger partial charge on any atom is 0.320 e. The largest absolute Gasteiger partial charge is 0.396 e. The van der Waals surface area contributed by atoms with Crippen LogP contribution < -0.4 is 0 Å². The van der Waals surface area contributed by atoms with Gasteiger partial charge in [-0.3, -0.25) is 0 Å². The number of likely N-dealkylation sites (N-methyl/N-ethyl adjacent to an activating group) is 1. The van der Waals surface area contributed by atoms with E-state index < -0.39 is 0 Å². The van der Waals surface area contributed by atoms with Crippen LogP contribution in [0.25, 0.3) is 0 Å². The third kappa shape index (κ3) is 2.18. The van der Waals surface area contributed by atoms with Gasteiger partial charge in [-0.25, -0.2) is 4.79 Å². The summed E-state index contributed by atoms with van der Waals surface area (Å²) in [5.41, 5.74) is 0. The number of carbonyl (C=O) groups is 1. The van der Waals surface area contributed by atoms with Gasteiger partial charge in [0.05, 0.1) is 6.04 Å². The number of carbonyl (C=O) groups excluding carboxylic acids is 1. The van der Waals surface area contributed by atoms with Gasteiger partial charge in [0.2, 0.25) is 0 Å². The van der Waals surface area contributed by atoms with Crippen molar-refractivity contribution in [1.82, 2.24) is 9.80 Å². The lowest BCUT2D eigenvalue weighted by molar-refractivity contribution is 0.188. The van der Waals surface area contributed by atoms with E-state index >= 15 is 0 Å². The Bertz CT molecular complexity index is 206. The lowest BCUT2D eigenvalue weighted by atomic mass is 10.0. The highest BCUT2D eigenvalue weighted by atomic mass is 16.3. The maximum atomic E-state index is 11.7. The smallest absolute Gasteiger partial charge is 0.320 e. The summed E-state index contributed by atoms with van der Waals surface area (Å²) in [4.78, 5) is 15.3. The first-order chi connectivity index (χ1) is 6.57. The normalized spacial score (nSPS) is 22.6. The fourth-order valence-corrected chi connectivity index (χ4v) is 1.90. The summed E-state index contributed by atoms with van der Waals surface area (Å²) < 4.78 is 0. The molecule has 1 aliphatic heterocycles. The molecule has 1 rings (SSSR count). The number of aliphatic hydroxyl groups is 1. The summed E-state index contributed by atoms with van der Waals surface area (Å²) in [6, 6.07) is 0.415. The summed E-state index contributed by atoms with van der Waals surface area (Å²) in [6.07, 6.45) is 0.671. The highest BCUT2D eigenvalue weighted by molar-refractivity contribution is 5.76. The zero-order valence-electron chi connectivity index (χ0n) is 9.23. The Hall–Kier alpha value is -0.770. The molecule has 4 nitrogen and oxygen atoms in total. The molecular weight excluding hydrogens is 180 g/mol. The van der Waals surface area contributed by atoms with Crippen LogP contribution in [0.15, 0.2) is 0 Å². The molecule has 0 saturated carbocycles. The van der Waals surface area contributed by atoms with Crippen molar-refractivity contribution in [2.24, 2.45) is 5.92 Å². The van der Waals surface area contributed by atoms with Crippen molar-refractivity contribution in [3.63, 3.8) is 0 Å². The van der Waals surface area contributed by atoms with Gasteiger partial charge >= 0.3 is 6.03 Å². The van der Waals surface area contributed by atoms with Crippen molar-refractivity contribution in [3.05, 3.63) is 0 Å². The second-order valence-corrected chi connectivity index (χ2v) is 4.23. The molecule has 0 bridgehead atoms. The van der Waals surface area contributed by atoms with Gasteiger partial charge in [-0.2, -0.15) is 0 Å². The van der Waals surface area contributed by atoms with Gasteiger partial charge in [0.15, 0.2) is 0 Å². The van der Waals surface area contributed by atoms with E-state index in [0.29, 0.717) is 24.9 Å². The average Bonchev–Trinajstić information content (AvgIpc) is 2.42. The SMILES string of the molecule is CC(C)C1CN(CCCO)C(=O)N1C. The van der Waals surface area contributed by atoms with Gasteiger partial charge in [0, 0.05) is 26.7 Å². The summed E-state index contributed by atoms with van der Waals surface area (Å²) in [7, 11) is 1.85. The first kappa shape index (κ1) is 11.3. The molecule has 1 unspecified atom stereocenters. The Morgan fingerprint density at radius 2 is 2.21 bits per heavy atom. The van der Waals surface area contributed by atoms with Crippen LogP contribution in [-0.4, -0.2) is 53.7 Å². The third-order valence-corrected chi connectivity index (χ3v) is 2.83. The number of urea groups is 1. The van der Waals surface area contributed by atoms with Crippen molar-refractivity contribution < 1.29 is 9.90 Å². The zero-order chi connectivity index (χ0) is 10.7.